The Labute approximate surface area is 128 Å². The molecular formula is C14H19BrN2O2S. The fraction of sp³-hybridized carbons (Fsp3) is 0.429. The van der Waals surface area contributed by atoms with Gasteiger partial charge in [0, 0.05) is 11.0 Å². The fourth-order valence-electron chi connectivity index (χ4n) is 2.32. The van der Waals surface area contributed by atoms with Crippen molar-refractivity contribution in [1.29, 1.82) is 0 Å². The first-order valence-corrected chi connectivity index (χ1v) is 8.99. The topological polar surface area (TPSA) is 72.2 Å². The molecule has 0 atom stereocenters. The molecule has 1 aliphatic carbocycles. The number of hydrogen-bond acceptors (Lipinski definition) is 3. The van der Waals surface area contributed by atoms with E-state index in [0.29, 0.717) is 6.54 Å². The standard InChI is InChI=1S/C14H19BrN2O2S/c15-12-6-7-14(13(16)10-12)20(18,19)17-9-8-11-4-2-1-3-5-11/h4,6-7,10,17H,1-3,5,8-9,16H2. The van der Waals surface area contributed by atoms with Gasteiger partial charge in [-0.1, -0.05) is 27.6 Å². The third kappa shape index (κ3) is 4.07. The summed E-state index contributed by atoms with van der Waals surface area (Å²) in [6.45, 7) is 0.420. The number of allylic oxidation sites excluding steroid dienone is 1. The average molecular weight is 359 g/mol. The molecule has 0 bridgehead atoms. The molecule has 6 heteroatoms. The van der Waals surface area contributed by atoms with Crippen LogP contribution in [0.2, 0.25) is 0 Å². The number of halogens is 1. The maximum absolute atomic E-state index is 12.2. The predicted molar refractivity (Wildman–Crippen MR) is 84.9 cm³/mol. The number of nitrogens with two attached hydrogens (primary N) is 1. The molecule has 0 unspecified atom stereocenters. The summed E-state index contributed by atoms with van der Waals surface area (Å²) in [7, 11) is -3.53. The summed E-state index contributed by atoms with van der Waals surface area (Å²) in [6.07, 6.45) is 7.65. The highest BCUT2D eigenvalue weighted by atomic mass is 79.9. The predicted octanol–water partition coefficient (Wildman–Crippen LogP) is 3.20. The molecule has 0 fully saturated rings. The van der Waals surface area contributed by atoms with E-state index in [1.807, 2.05) is 0 Å². The van der Waals surface area contributed by atoms with Gasteiger partial charge >= 0.3 is 0 Å². The van der Waals surface area contributed by atoms with Crippen LogP contribution >= 0.6 is 15.9 Å². The third-order valence-electron chi connectivity index (χ3n) is 3.38. The second kappa shape index (κ2) is 6.74. The molecule has 0 spiro atoms. The molecule has 0 heterocycles. The van der Waals surface area contributed by atoms with Gasteiger partial charge in [0.1, 0.15) is 4.90 Å². The van der Waals surface area contributed by atoms with Gasteiger partial charge in [0.25, 0.3) is 0 Å². The van der Waals surface area contributed by atoms with Crippen LogP contribution in [0, 0.1) is 0 Å². The average Bonchev–Trinajstić information content (AvgIpc) is 2.39. The Bertz CT molecular complexity index is 612. The minimum absolute atomic E-state index is 0.137. The van der Waals surface area contributed by atoms with Gasteiger partial charge in [0.05, 0.1) is 5.69 Å². The third-order valence-corrected chi connectivity index (χ3v) is 5.41. The molecule has 2 rings (SSSR count). The zero-order valence-corrected chi connectivity index (χ0v) is 13.6. The first kappa shape index (κ1) is 15.5. The van der Waals surface area contributed by atoms with Crippen molar-refractivity contribution in [3.05, 3.63) is 34.3 Å². The SMILES string of the molecule is Nc1cc(Br)ccc1S(=O)(=O)NCCC1=CCCCC1. The molecule has 1 aliphatic rings. The second-order valence-electron chi connectivity index (χ2n) is 4.94. The molecule has 0 aromatic heterocycles. The van der Waals surface area contributed by atoms with Crippen LogP contribution in [0.25, 0.3) is 0 Å². The number of benzene rings is 1. The van der Waals surface area contributed by atoms with Gasteiger partial charge < -0.3 is 5.73 Å². The van der Waals surface area contributed by atoms with E-state index < -0.39 is 10.0 Å². The Hall–Kier alpha value is -0.850. The molecule has 0 aliphatic heterocycles. The Kier molecular flexibility index (Phi) is 5.23. The normalized spacial score (nSPS) is 15.9. The van der Waals surface area contributed by atoms with E-state index in [2.05, 4.69) is 26.7 Å². The molecule has 0 amide bonds. The summed E-state index contributed by atoms with van der Waals surface area (Å²) in [5.41, 5.74) is 7.36. The number of sulfonamides is 1. The lowest BCUT2D eigenvalue weighted by Gasteiger charge is -2.13. The molecular weight excluding hydrogens is 340 g/mol. The van der Waals surface area contributed by atoms with Crippen LogP contribution in [0.1, 0.15) is 32.1 Å². The zero-order valence-electron chi connectivity index (χ0n) is 11.2. The molecule has 0 radical (unpaired) electrons. The van der Waals surface area contributed by atoms with Gasteiger partial charge in [0.2, 0.25) is 10.0 Å². The number of nitrogens with one attached hydrogen (secondary N) is 1. The van der Waals surface area contributed by atoms with Crippen molar-refractivity contribution in [1.82, 2.24) is 4.72 Å². The van der Waals surface area contributed by atoms with Gasteiger partial charge in [-0.25, -0.2) is 13.1 Å². The van der Waals surface area contributed by atoms with E-state index in [4.69, 9.17) is 5.73 Å². The number of nitrogen functional groups attached to an aromatic ring is 1. The number of anilines is 1. The lowest BCUT2D eigenvalue weighted by atomic mass is 9.97. The summed E-state index contributed by atoms with van der Waals surface area (Å²) >= 11 is 3.27. The van der Waals surface area contributed by atoms with Gasteiger partial charge in [-0.3, -0.25) is 0 Å². The summed E-state index contributed by atoms with van der Waals surface area (Å²) in [4.78, 5) is 0.137. The molecule has 1 aromatic carbocycles. The number of hydrogen-bond donors (Lipinski definition) is 2. The van der Waals surface area contributed by atoms with E-state index in [9.17, 15) is 8.42 Å². The highest BCUT2D eigenvalue weighted by Crippen LogP contribution is 2.23. The number of rotatable bonds is 5. The summed E-state index contributed by atoms with van der Waals surface area (Å²) in [6, 6.07) is 4.79. The Morgan fingerprint density at radius 3 is 2.75 bits per heavy atom. The molecule has 0 saturated heterocycles. The molecule has 3 N–H and O–H groups in total. The smallest absolute Gasteiger partial charge is 0.242 e. The van der Waals surface area contributed by atoms with E-state index >= 15 is 0 Å². The minimum Gasteiger partial charge on any atom is -0.398 e. The van der Waals surface area contributed by atoms with Gasteiger partial charge in [-0.05, 0) is 50.3 Å². The summed E-state index contributed by atoms with van der Waals surface area (Å²) < 4.78 is 27.7. The largest absolute Gasteiger partial charge is 0.398 e. The van der Waals surface area contributed by atoms with Crippen molar-refractivity contribution < 1.29 is 8.42 Å². The van der Waals surface area contributed by atoms with Gasteiger partial charge in [0.15, 0.2) is 0 Å². The lowest BCUT2D eigenvalue weighted by Crippen LogP contribution is -2.26. The van der Waals surface area contributed by atoms with E-state index in [-0.39, 0.29) is 10.6 Å². The van der Waals surface area contributed by atoms with Crippen LogP contribution in [0.4, 0.5) is 5.69 Å². The highest BCUT2D eigenvalue weighted by molar-refractivity contribution is 9.10. The molecule has 4 nitrogen and oxygen atoms in total. The maximum atomic E-state index is 12.2. The van der Waals surface area contributed by atoms with E-state index in [1.54, 1.807) is 12.1 Å². The van der Waals surface area contributed by atoms with E-state index in [0.717, 1.165) is 23.7 Å². The van der Waals surface area contributed by atoms with Crippen LogP contribution in [0.3, 0.4) is 0 Å². The highest BCUT2D eigenvalue weighted by Gasteiger charge is 2.17. The molecule has 0 saturated carbocycles. The summed E-state index contributed by atoms with van der Waals surface area (Å²) in [5, 5.41) is 0. The van der Waals surface area contributed by atoms with Crippen LogP contribution in [-0.4, -0.2) is 15.0 Å². The minimum atomic E-state index is -3.53. The summed E-state index contributed by atoms with van der Waals surface area (Å²) in [5.74, 6) is 0. The first-order chi connectivity index (χ1) is 9.49. The van der Waals surface area contributed by atoms with Crippen LogP contribution in [-0.2, 0) is 10.0 Å². The maximum Gasteiger partial charge on any atom is 0.242 e. The first-order valence-electron chi connectivity index (χ1n) is 6.71. The van der Waals surface area contributed by atoms with Crippen LogP contribution in [0.15, 0.2) is 39.2 Å². The van der Waals surface area contributed by atoms with Crippen molar-refractivity contribution in [2.75, 3.05) is 12.3 Å². The van der Waals surface area contributed by atoms with E-state index in [1.165, 1.54) is 24.5 Å². The lowest BCUT2D eigenvalue weighted by molar-refractivity contribution is 0.580. The Morgan fingerprint density at radius 2 is 2.10 bits per heavy atom. The van der Waals surface area contributed by atoms with Crippen molar-refractivity contribution in [3.8, 4) is 0 Å². The molecule has 20 heavy (non-hydrogen) atoms. The Morgan fingerprint density at radius 1 is 1.30 bits per heavy atom. The van der Waals surface area contributed by atoms with Crippen molar-refractivity contribution >= 4 is 31.6 Å². The molecule has 1 aromatic rings. The fourth-order valence-corrected chi connectivity index (χ4v) is 3.84. The zero-order chi connectivity index (χ0) is 14.6. The van der Waals surface area contributed by atoms with Crippen LogP contribution in [0.5, 0.6) is 0 Å². The molecule has 110 valence electrons. The van der Waals surface area contributed by atoms with Gasteiger partial charge in [-0.2, -0.15) is 0 Å². The van der Waals surface area contributed by atoms with Crippen molar-refractivity contribution in [2.45, 2.75) is 37.0 Å². The van der Waals surface area contributed by atoms with Crippen molar-refractivity contribution in [3.63, 3.8) is 0 Å². The van der Waals surface area contributed by atoms with Gasteiger partial charge in [-0.15, -0.1) is 0 Å². The van der Waals surface area contributed by atoms with Crippen LogP contribution < -0.4 is 10.5 Å². The quantitative estimate of drug-likeness (QED) is 0.626. The Balaban J connectivity index is 1.98. The second-order valence-corrected chi connectivity index (χ2v) is 7.59. The van der Waals surface area contributed by atoms with Crippen molar-refractivity contribution in [2.24, 2.45) is 0 Å². The monoisotopic (exact) mass is 358 g/mol.